The maximum Gasteiger partial charge on any atom is 0.272 e. The van der Waals surface area contributed by atoms with E-state index in [1.165, 1.54) is 35.6 Å². The number of benzene rings is 2. The van der Waals surface area contributed by atoms with Gasteiger partial charge >= 0.3 is 0 Å². The second-order valence-corrected chi connectivity index (χ2v) is 10.9. The molecular formula is C24H25N3O4S2. The molecule has 33 heavy (non-hydrogen) atoms. The minimum absolute atomic E-state index is 0.0437. The van der Waals surface area contributed by atoms with Crippen LogP contribution in [-0.2, 0) is 20.2 Å². The Morgan fingerprint density at radius 3 is 2.12 bits per heavy atom. The van der Waals surface area contributed by atoms with Crippen LogP contribution in [0.5, 0.6) is 0 Å². The monoisotopic (exact) mass is 483 g/mol. The summed E-state index contributed by atoms with van der Waals surface area (Å²) in [6, 6.07) is 16.3. The fourth-order valence-corrected chi connectivity index (χ4v) is 4.09. The van der Waals surface area contributed by atoms with E-state index in [4.69, 9.17) is 5.14 Å². The molecule has 9 heteroatoms. The van der Waals surface area contributed by atoms with E-state index in [0.717, 1.165) is 10.4 Å². The smallest absolute Gasteiger partial charge is 0.272 e. The average molecular weight is 484 g/mol. The SMILES string of the molecule is CC(C)(C)c1ccc(C(=O)N/C(=C\c2cccs2)C(=O)Nc2ccc(S(N)(=O)=O)cc2)cc1. The van der Waals surface area contributed by atoms with Crippen LogP contribution in [-0.4, -0.2) is 20.2 Å². The lowest BCUT2D eigenvalue weighted by molar-refractivity contribution is -0.113. The van der Waals surface area contributed by atoms with Crippen LogP contribution in [0.25, 0.3) is 6.08 Å². The van der Waals surface area contributed by atoms with Gasteiger partial charge in [0.25, 0.3) is 11.8 Å². The van der Waals surface area contributed by atoms with Gasteiger partial charge in [-0.25, -0.2) is 13.6 Å². The van der Waals surface area contributed by atoms with Crippen molar-refractivity contribution in [3.63, 3.8) is 0 Å². The summed E-state index contributed by atoms with van der Waals surface area (Å²) in [5.74, 6) is -0.968. The number of nitrogens with two attached hydrogens (primary N) is 1. The minimum Gasteiger partial charge on any atom is -0.321 e. The number of nitrogens with one attached hydrogen (secondary N) is 2. The topological polar surface area (TPSA) is 118 Å². The van der Waals surface area contributed by atoms with Gasteiger partial charge in [0.15, 0.2) is 0 Å². The van der Waals surface area contributed by atoms with Crippen molar-refractivity contribution in [2.45, 2.75) is 31.1 Å². The quantitative estimate of drug-likeness (QED) is 0.457. The molecule has 7 nitrogen and oxygen atoms in total. The molecule has 0 aliphatic carbocycles. The highest BCUT2D eigenvalue weighted by Gasteiger charge is 2.18. The molecule has 3 rings (SSSR count). The van der Waals surface area contributed by atoms with E-state index in [0.29, 0.717) is 11.3 Å². The minimum atomic E-state index is -3.84. The molecule has 0 spiro atoms. The molecule has 0 bridgehead atoms. The third kappa shape index (κ3) is 6.61. The molecule has 2 amide bonds. The Bertz CT molecular complexity index is 1270. The zero-order valence-corrected chi connectivity index (χ0v) is 20.1. The Kier molecular flexibility index (Phi) is 7.16. The summed E-state index contributed by atoms with van der Waals surface area (Å²) in [6.45, 7) is 6.26. The maximum absolute atomic E-state index is 12.9. The second kappa shape index (κ2) is 9.70. The molecule has 2 aromatic carbocycles. The van der Waals surface area contributed by atoms with Gasteiger partial charge in [-0.05, 0) is 64.9 Å². The van der Waals surface area contributed by atoms with Crippen molar-refractivity contribution in [3.05, 3.63) is 87.7 Å². The van der Waals surface area contributed by atoms with Crippen LogP contribution in [0.2, 0.25) is 0 Å². The maximum atomic E-state index is 12.9. The summed E-state index contributed by atoms with van der Waals surface area (Å²) in [6.07, 6.45) is 1.58. The Labute approximate surface area is 197 Å². The largest absolute Gasteiger partial charge is 0.321 e. The number of amides is 2. The van der Waals surface area contributed by atoms with Crippen LogP contribution in [0.1, 0.15) is 41.6 Å². The van der Waals surface area contributed by atoms with Crippen molar-refractivity contribution in [2.24, 2.45) is 5.14 Å². The molecule has 0 saturated carbocycles. The van der Waals surface area contributed by atoms with Crippen molar-refractivity contribution < 1.29 is 18.0 Å². The number of primary sulfonamides is 1. The predicted molar refractivity (Wildman–Crippen MR) is 131 cm³/mol. The van der Waals surface area contributed by atoms with Gasteiger partial charge in [-0.1, -0.05) is 39.0 Å². The molecule has 1 aromatic heterocycles. The van der Waals surface area contributed by atoms with Crippen LogP contribution < -0.4 is 15.8 Å². The zero-order chi connectivity index (χ0) is 24.2. The van der Waals surface area contributed by atoms with E-state index in [1.807, 2.05) is 29.6 Å². The third-order valence-corrected chi connectivity index (χ3v) is 6.52. The molecule has 0 radical (unpaired) electrons. The first kappa shape index (κ1) is 24.4. The number of rotatable bonds is 6. The fraction of sp³-hybridized carbons (Fsp3) is 0.167. The van der Waals surface area contributed by atoms with E-state index in [-0.39, 0.29) is 16.0 Å². The number of carbonyl (C=O) groups excluding carboxylic acids is 2. The van der Waals surface area contributed by atoms with E-state index in [2.05, 4.69) is 31.4 Å². The van der Waals surface area contributed by atoms with Gasteiger partial charge in [0.1, 0.15) is 5.70 Å². The molecule has 0 saturated heterocycles. The summed E-state index contributed by atoms with van der Waals surface area (Å²) < 4.78 is 22.8. The van der Waals surface area contributed by atoms with Gasteiger partial charge in [0.2, 0.25) is 10.0 Å². The van der Waals surface area contributed by atoms with Crippen LogP contribution in [0.4, 0.5) is 5.69 Å². The lowest BCUT2D eigenvalue weighted by Crippen LogP contribution is -2.30. The Balaban J connectivity index is 1.81. The molecule has 0 fully saturated rings. The Morgan fingerprint density at radius 2 is 1.61 bits per heavy atom. The first-order valence-electron chi connectivity index (χ1n) is 10.0. The predicted octanol–water partition coefficient (Wildman–Crippen LogP) is 4.10. The molecule has 0 unspecified atom stereocenters. The molecular weight excluding hydrogens is 458 g/mol. The van der Waals surface area contributed by atoms with Crippen LogP contribution >= 0.6 is 11.3 Å². The highest BCUT2D eigenvalue weighted by Crippen LogP contribution is 2.22. The first-order valence-corrected chi connectivity index (χ1v) is 12.5. The van der Waals surface area contributed by atoms with Crippen LogP contribution in [0, 0.1) is 0 Å². The van der Waals surface area contributed by atoms with E-state index in [9.17, 15) is 18.0 Å². The lowest BCUT2D eigenvalue weighted by atomic mass is 9.87. The Morgan fingerprint density at radius 1 is 0.970 bits per heavy atom. The number of hydrogen-bond acceptors (Lipinski definition) is 5. The van der Waals surface area contributed by atoms with E-state index >= 15 is 0 Å². The number of anilines is 1. The van der Waals surface area contributed by atoms with E-state index in [1.54, 1.807) is 18.2 Å². The molecule has 0 aliphatic heterocycles. The zero-order valence-electron chi connectivity index (χ0n) is 18.5. The highest BCUT2D eigenvalue weighted by atomic mass is 32.2. The van der Waals surface area contributed by atoms with Crippen molar-refractivity contribution in [2.75, 3.05) is 5.32 Å². The third-order valence-electron chi connectivity index (χ3n) is 4.78. The normalized spacial score (nSPS) is 12.3. The first-order chi connectivity index (χ1) is 15.4. The lowest BCUT2D eigenvalue weighted by Gasteiger charge is -2.19. The van der Waals surface area contributed by atoms with Gasteiger partial charge in [-0.2, -0.15) is 0 Å². The number of sulfonamides is 1. The molecule has 0 aliphatic rings. The summed E-state index contributed by atoms with van der Waals surface area (Å²) >= 11 is 1.42. The van der Waals surface area contributed by atoms with Gasteiger partial charge in [0, 0.05) is 16.1 Å². The van der Waals surface area contributed by atoms with Crippen LogP contribution in [0.3, 0.4) is 0 Å². The molecule has 3 aromatic rings. The number of thiophene rings is 1. The fourth-order valence-electron chi connectivity index (χ4n) is 2.92. The summed E-state index contributed by atoms with van der Waals surface area (Å²) in [5, 5.41) is 12.3. The summed E-state index contributed by atoms with van der Waals surface area (Å²) in [4.78, 5) is 26.5. The van der Waals surface area contributed by atoms with Crippen molar-refractivity contribution in [1.82, 2.24) is 5.32 Å². The summed E-state index contributed by atoms with van der Waals surface area (Å²) in [7, 11) is -3.84. The van der Waals surface area contributed by atoms with Crippen molar-refractivity contribution >= 4 is 44.9 Å². The van der Waals surface area contributed by atoms with Gasteiger partial charge in [0.05, 0.1) is 4.90 Å². The van der Waals surface area contributed by atoms with Crippen molar-refractivity contribution in [1.29, 1.82) is 0 Å². The molecule has 4 N–H and O–H groups in total. The molecule has 172 valence electrons. The second-order valence-electron chi connectivity index (χ2n) is 8.38. The van der Waals surface area contributed by atoms with Gasteiger partial charge in [-0.3, -0.25) is 9.59 Å². The summed E-state index contributed by atoms with van der Waals surface area (Å²) in [5.41, 5.74) is 1.88. The average Bonchev–Trinajstić information content (AvgIpc) is 3.25. The van der Waals surface area contributed by atoms with Crippen molar-refractivity contribution in [3.8, 4) is 0 Å². The Hall–Kier alpha value is -3.27. The molecule has 0 atom stereocenters. The van der Waals surface area contributed by atoms with Crippen LogP contribution in [0.15, 0.2) is 76.6 Å². The van der Waals surface area contributed by atoms with E-state index < -0.39 is 21.8 Å². The number of carbonyl (C=O) groups is 2. The standard InChI is InChI=1S/C24H25N3O4S2/c1-24(2,3)17-8-6-16(7-9-17)22(28)27-21(15-19-5-4-14-32-19)23(29)26-18-10-12-20(13-11-18)33(25,30)31/h4-15H,1-3H3,(H,26,29)(H,27,28)(H2,25,30,31)/b21-15-. The number of hydrogen-bond donors (Lipinski definition) is 3. The van der Waals surface area contributed by atoms with Gasteiger partial charge < -0.3 is 10.6 Å². The highest BCUT2D eigenvalue weighted by molar-refractivity contribution is 7.89. The molecule has 1 heterocycles. The van der Waals surface area contributed by atoms with Gasteiger partial charge in [-0.15, -0.1) is 11.3 Å².